The maximum Gasteiger partial charge on any atom is 0.231 e. The van der Waals surface area contributed by atoms with E-state index in [2.05, 4.69) is 11.9 Å². The Morgan fingerprint density at radius 2 is 2.16 bits per heavy atom. The van der Waals surface area contributed by atoms with Crippen molar-refractivity contribution in [3.05, 3.63) is 23.7 Å². The van der Waals surface area contributed by atoms with Crippen molar-refractivity contribution in [1.82, 2.24) is 10.2 Å². The third kappa shape index (κ3) is 3.06. The van der Waals surface area contributed by atoms with Crippen LogP contribution >= 0.6 is 0 Å². The third-order valence-corrected chi connectivity index (χ3v) is 4.05. The molecule has 2 aliphatic heterocycles. The lowest BCUT2D eigenvalue weighted by molar-refractivity contribution is -0.129. The largest absolute Gasteiger partial charge is 0.317 e. The Labute approximate surface area is 114 Å². The molecule has 2 rings (SSSR count). The second-order valence-corrected chi connectivity index (χ2v) is 5.71. The van der Waals surface area contributed by atoms with Crippen LogP contribution in [0.2, 0.25) is 0 Å². The lowest BCUT2D eigenvalue weighted by Crippen LogP contribution is -2.44. The fourth-order valence-electron chi connectivity index (χ4n) is 3.29. The molecule has 0 aromatic heterocycles. The van der Waals surface area contributed by atoms with Crippen molar-refractivity contribution in [2.24, 2.45) is 5.92 Å². The Morgan fingerprint density at radius 1 is 1.53 bits per heavy atom. The van der Waals surface area contributed by atoms with Crippen LogP contribution in [0.1, 0.15) is 39.5 Å². The fraction of sp³-hybridized carbons (Fsp3) is 0.667. The highest BCUT2D eigenvalue weighted by atomic mass is 19.1. The van der Waals surface area contributed by atoms with Gasteiger partial charge in [-0.25, -0.2) is 4.39 Å². The van der Waals surface area contributed by atoms with Gasteiger partial charge in [-0.2, -0.15) is 0 Å². The molecular formula is C15H23FN2O. The number of hydrogen-bond acceptors (Lipinski definition) is 2. The molecule has 3 nitrogen and oxygen atoms in total. The van der Waals surface area contributed by atoms with Gasteiger partial charge in [0.05, 0.1) is 5.83 Å². The number of nitrogens with zero attached hydrogens (tertiary/aromatic N) is 1. The Balaban J connectivity index is 2.19. The average molecular weight is 266 g/mol. The van der Waals surface area contributed by atoms with Crippen LogP contribution in [-0.4, -0.2) is 29.9 Å². The average Bonchev–Trinajstić information content (AvgIpc) is 2.64. The molecule has 0 aliphatic carbocycles. The van der Waals surface area contributed by atoms with Gasteiger partial charge >= 0.3 is 0 Å². The lowest BCUT2D eigenvalue weighted by Gasteiger charge is -2.35. The lowest BCUT2D eigenvalue weighted by atomic mass is 9.97. The monoisotopic (exact) mass is 266 g/mol. The number of nitrogens with one attached hydrogen (secondary N) is 1. The summed E-state index contributed by atoms with van der Waals surface area (Å²) < 4.78 is 13.1. The molecule has 1 amide bonds. The number of halogens is 1. The van der Waals surface area contributed by atoms with Crippen molar-refractivity contribution >= 4 is 5.91 Å². The van der Waals surface area contributed by atoms with Gasteiger partial charge in [0.25, 0.3) is 0 Å². The summed E-state index contributed by atoms with van der Waals surface area (Å²) >= 11 is 0. The molecule has 1 atom stereocenters. The van der Waals surface area contributed by atoms with E-state index in [9.17, 15) is 9.18 Å². The highest BCUT2D eigenvalue weighted by Gasteiger charge is 2.36. The molecule has 0 aromatic rings. The van der Waals surface area contributed by atoms with Crippen LogP contribution in [0.25, 0.3) is 0 Å². The predicted molar refractivity (Wildman–Crippen MR) is 74.1 cm³/mol. The number of carbonyl (C=O) groups excluding carboxylic acids is 1. The van der Waals surface area contributed by atoms with E-state index in [1.54, 1.807) is 0 Å². The summed E-state index contributed by atoms with van der Waals surface area (Å²) in [5, 5.41) is 3.31. The van der Waals surface area contributed by atoms with E-state index in [0.29, 0.717) is 12.8 Å². The van der Waals surface area contributed by atoms with Gasteiger partial charge in [-0.05, 0) is 38.4 Å². The van der Waals surface area contributed by atoms with E-state index in [1.165, 1.54) is 0 Å². The highest BCUT2D eigenvalue weighted by molar-refractivity contribution is 5.84. The minimum Gasteiger partial charge on any atom is -0.317 e. The van der Waals surface area contributed by atoms with Gasteiger partial charge in [0.15, 0.2) is 0 Å². The summed E-state index contributed by atoms with van der Waals surface area (Å²) in [6.45, 7) is 9.22. The van der Waals surface area contributed by atoms with Crippen LogP contribution in [0.5, 0.6) is 0 Å². The Morgan fingerprint density at radius 3 is 2.74 bits per heavy atom. The predicted octanol–water partition coefficient (Wildman–Crippen LogP) is 2.75. The van der Waals surface area contributed by atoms with Crippen LogP contribution in [0.4, 0.5) is 4.39 Å². The summed E-state index contributed by atoms with van der Waals surface area (Å²) in [4.78, 5) is 14.2. The Hall–Kier alpha value is -1.16. The smallest absolute Gasteiger partial charge is 0.231 e. The van der Waals surface area contributed by atoms with Gasteiger partial charge < -0.3 is 10.2 Å². The van der Waals surface area contributed by atoms with Gasteiger partial charge in [-0.3, -0.25) is 4.79 Å². The van der Waals surface area contributed by atoms with Gasteiger partial charge in [-0.15, -0.1) is 0 Å². The standard InChI is InChI=1S/C15H23FN2O/c1-10(8-12(3)16)15-11(2)9-14(19)18(15)13-4-6-17-7-5-13/h10,13,17H,3-9H2,1-2H3/t10-/m0/s1. The number of allylic oxidation sites excluding steroid dienone is 2. The van der Waals surface area contributed by atoms with Crippen molar-refractivity contribution in [2.75, 3.05) is 13.1 Å². The number of rotatable bonds is 4. The summed E-state index contributed by atoms with van der Waals surface area (Å²) in [5.41, 5.74) is 2.13. The van der Waals surface area contributed by atoms with Gasteiger partial charge in [0.2, 0.25) is 5.91 Å². The topological polar surface area (TPSA) is 32.3 Å². The van der Waals surface area contributed by atoms with Crippen molar-refractivity contribution in [3.63, 3.8) is 0 Å². The number of piperidine rings is 1. The molecule has 1 saturated heterocycles. The second kappa shape index (κ2) is 5.87. The number of amides is 1. The first-order chi connectivity index (χ1) is 9.00. The minimum atomic E-state index is -0.308. The molecule has 19 heavy (non-hydrogen) atoms. The van der Waals surface area contributed by atoms with E-state index in [4.69, 9.17) is 0 Å². The maximum atomic E-state index is 13.1. The van der Waals surface area contributed by atoms with Crippen molar-refractivity contribution < 1.29 is 9.18 Å². The fourth-order valence-corrected chi connectivity index (χ4v) is 3.29. The van der Waals surface area contributed by atoms with E-state index in [1.807, 2.05) is 18.7 Å². The molecule has 4 heteroatoms. The van der Waals surface area contributed by atoms with Gasteiger partial charge in [-0.1, -0.05) is 13.5 Å². The normalized spacial score (nSPS) is 23.1. The first-order valence-corrected chi connectivity index (χ1v) is 7.06. The Kier molecular flexibility index (Phi) is 4.40. The van der Waals surface area contributed by atoms with E-state index >= 15 is 0 Å². The first kappa shape index (κ1) is 14.3. The van der Waals surface area contributed by atoms with Crippen LogP contribution < -0.4 is 5.32 Å². The number of hydrogen-bond donors (Lipinski definition) is 1. The molecule has 0 radical (unpaired) electrons. The molecule has 0 bridgehead atoms. The first-order valence-electron chi connectivity index (χ1n) is 7.06. The SMILES string of the molecule is C=C(F)C[C@H](C)C1=C(C)CC(=O)N1C1CCNCC1. The van der Waals surface area contributed by atoms with Crippen LogP contribution in [-0.2, 0) is 4.79 Å². The molecule has 0 spiro atoms. The van der Waals surface area contributed by atoms with Crippen LogP contribution in [0, 0.1) is 5.92 Å². The van der Waals surface area contributed by atoms with Gasteiger partial charge in [0, 0.05) is 30.5 Å². The zero-order valence-corrected chi connectivity index (χ0v) is 11.8. The van der Waals surface area contributed by atoms with E-state index < -0.39 is 0 Å². The van der Waals surface area contributed by atoms with E-state index in [-0.39, 0.29) is 23.7 Å². The molecule has 0 aromatic carbocycles. The zero-order valence-electron chi connectivity index (χ0n) is 11.8. The zero-order chi connectivity index (χ0) is 14.0. The molecule has 1 fully saturated rings. The quantitative estimate of drug-likeness (QED) is 0.848. The second-order valence-electron chi connectivity index (χ2n) is 5.71. The summed E-state index contributed by atoms with van der Waals surface area (Å²) in [6.07, 6.45) is 2.75. The van der Waals surface area contributed by atoms with Crippen molar-refractivity contribution in [2.45, 2.75) is 45.6 Å². The van der Waals surface area contributed by atoms with Crippen molar-refractivity contribution in [1.29, 1.82) is 0 Å². The summed E-state index contributed by atoms with van der Waals surface area (Å²) in [7, 11) is 0. The molecule has 1 N–H and O–H groups in total. The maximum absolute atomic E-state index is 13.1. The van der Waals surface area contributed by atoms with Crippen molar-refractivity contribution in [3.8, 4) is 0 Å². The molecule has 0 unspecified atom stereocenters. The summed E-state index contributed by atoms with van der Waals surface area (Å²) in [5.74, 6) is -0.105. The third-order valence-electron chi connectivity index (χ3n) is 4.05. The minimum absolute atomic E-state index is 0.0267. The number of carbonyl (C=O) groups is 1. The summed E-state index contributed by atoms with van der Waals surface area (Å²) in [6, 6.07) is 0.275. The molecule has 2 aliphatic rings. The van der Waals surface area contributed by atoms with E-state index in [0.717, 1.165) is 37.2 Å². The molecule has 2 heterocycles. The van der Waals surface area contributed by atoms with Crippen LogP contribution in [0.3, 0.4) is 0 Å². The molecule has 106 valence electrons. The molecule has 0 saturated carbocycles. The van der Waals surface area contributed by atoms with Gasteiger partial charge in [0.1, 0.15) is 0 Å². The Bertz CT molecular complexity index is 410. The highest BCUT2D eigenvalue weighted by Crippen LogP contribution is 2.35. The van der Waals surface area contributed by atoms with Crippen LogP contribution in [0.15, 0.2) is 23.7 Å². The molecular weight excluding hydrogens is 243 g/mol.